The lowest BCUT2D eigenvalue weighted by molar-refractivity contribution is -0.171. The third-order valence-electron chi connectivity index (χ3n) is 6.67. The van der Waals surface area contributed by atoms with Gasteiger partial charge in [0.25, 0.3) is 0 Å². The molecule has 4 rings (SSSR count). The maximum Gasteiger partial charge on any atom is 0.191 e. The van der Waals surface area contributed by atoms with Gasteiger partial charge >= 0.3 is 0 Å². The highest BCUT2D eigenvalue weighted by molar-refractivity contribution is 5.81. The average Bonchev–Trinajstić information content (AvgIpc) is 3.03. The van der Waals surface area contributed by atoms with E-state index in [2.05, 4.69) is 15.6 Å². The normalized spacial score (nSPS) is 29.5. The molecular weight excluding hydrogens is 345 g/mol. The van der Waals surface area contributed by atoms with E-state index in [9.17, 15) is 4.39 Å². The first-order chi connectivity index (χ1) is 13.1. The summed E-state index contributed by atoms with van der Waals surface area (Å²) in [4.78, 5) is 4.64. The standard InChI is InChI=1S/C21H30FN3O2/c1-4-23-20(24-13(2)14-6-7-17(26-3)16(22)12-14)25-18-15-8-11-27-19(15)21(18)9-5-10-21/h6-7,12-13,15,18-19H,4-5,8-11H2,1-3H3,(H2,23,24,25). The first-order valence-electron chi connectivity index (χ1n) is 10.1. The van der Waals surface area contributed by atoms with Crippen LogP contribution in [0.25, 0.3) is 0 Å². The van der Waals surface area contributed by atoms with E-state index in [1.165, 1.54) is 32.4 Å². The lowest BCUT2D eigenvalue weighted by Gasteiger charge is -2.63. The molecule has 3 aliphatic rings. The zero-order valence-electron chi connectivity index (χ0n) is 16.4. The smallest absolute Gasteiger partial charge is 0.191 e. The van der Waals surface area contributed by atoms with Crippen LogP contribution in [-0.2, 0) is 4.74 Å². The van der Waals surface area contributed by atoms with Crippen LogP contribution >= 0.6 is 0 Å². The predicted octanol–water partition coefficient (Wildman–Crippen LogP) is 3.41. The topological polar surface area (TPSA) is 54.9 Å². The molecule has 4 atom stereocenters. The quantitative estimate of drug-likeness (QED) is 0.612. The molecule has 27 heavy (non-hydrogen) atoms. The molecule has 1 saturated heterocycles. The molecule has 1 aromatic carbocycles. The van der Waals surface area contributed by atoms with Crippen LogP contribution in [0.4, 0.5) is 4.39 Å². The van der Waals surface area contributed by atoms with Crippen molar-refractivity contribution in [2.75, 3.05) is 20.3 Å². The van der Waals surface area contributed by atoms with Crippen molar-refractivity contribution in [3.05, 3.63) is 29.6 Å². The van der Waals surface area contributed by atoms with Gasteiger partial charge in [0.1, 0.15) is 0 Å². The Kier molecular flexibility index (Phi) is 5.01. The van der Waals surface area contributed by atoms with E-state index in [0.29, 0.717) is 30.0 Å². The monoisotopic (exact) mass is 375 g/mol. The van der Waals surface area contributed by atoms with E-state index in [0.717, 1.165) is 24.6 Å². The number of nitrogens with zero attached hydrogens (tertiary/aromatic N) is 1. The maximum atomic E-state index is 14.1. The van der Waals surface area contributed by atoms with Crippen LogP contribution < -0.4 is 15.4 Å². The number of rotatable bonds is 5. The Bertz CT molecular complexity index is 719. The zero-order chi connectivity index (χ0) is 19.0. The van der Waals surface area contributed by atoms with Gasteiger partial charge in [0.2, 0.25) is 0 Å². The Hall–Kier alpha value is -1.82. The molecule has 4 unspecified atom stereocenters. The van der Waals surface area contributed by atoms with Crippen LogP contribution in [0.1, 0.15) is 51.1 Å². The van der Waals surface area contributed by atoms with Crippen molar-refractivity contribution in [2.45, 2.75) is 57.7 Å². The summed E-state index contributed by atoms with van der Waals surface area (Å²) < 4.78 is 25.1. The molecule has 0 aromatic heterocycles. The number of guanidine groups is 1. The molecule has 3 fully saturated rings. The Labute approximate surface area is 160 Å². The molecule has 1 aromatic rings. The molecule has 2 N–H and O–H groups in total. The van der Waals surface area contributed by atoms with Gasteiger partial charge in [-0.25, -0.2) is 4.39 Å². The van der Waals surface area contributed by atoms with Gasteiger partial charge in [0.05, 0.1) is 19.3 Å². The van der Waals surface area contributed by atoms with Gasteiger partial charge < -0.3 is 20.1 Å². The number of hydrogen-bond donors (Lipinski definition) is 2. The second kappa shape index (κ2) is 7.30. The molecule has 6 heteroatoms. The van der Waals surface area contributed by atoms with Crippen molar-refractivity contribution in [2.24, 2.45) is 16.3 Å². The molecule has 148 valence electrons. The highest BCUT2D eigenvalue weighted by Crippen LogP contribution is 2.62. The number of hydrogen-bond acceptors (Lipinski definition) is 3. The van der Waals surface area contributed by atoms with Crippen molar-refractivity contribution in [1.29, 1.82) is 0 Å². The highest BCUT2D eigenvalue weighted by Gasteiger charge is 2.66. The van der Waals surface area contributed by atoms with Crippen molar-refractivity contribution in [3.8, 4) is 5.75 Å². The minimum absolute atomic E-state index is 0.0590. The Morgan fingerprint density at radius 3 is 2.89 bits per heavy atom. The van der Waals surface area contributed by atoms with E-state index < -0.39 is 0 Å². The summed E-state index contributed by atoms with van der Waals surface area (Å²) in [6, 6.07) is 5.45. The molecule has 0 bridgehead atoms. The van der Waals surface area contributed by atoms with E-state index in [4.69, 9.17) is 9.47 Å². The third kappa shape index (κ3) is 3.08. The Morgan fingerprint density at radius 2 is 2.26 bits per heavy atom. The maximum absolute atomic E-state index is 14.1. The summed E-state index contributed by atoms with van der Waals surface area (Å²) in [6.07, 6.45) is 5.33. The fourth-order valence-electron chi connectivity index (χ4n) is 5.13. The zero-order valence-corrected chi connectivity index (χ0v) is 16.4. The van der Waals surface area contributed by atoms with E-state index in [1.54, 1.807) is 6.07 Å². The number of aliphatic imine (C=N–C) groups is 1. The van der Waals surface area contributed by atoms with Gasteiger partial charge in [0.15, 0.2) is 17.5 Å². The summed E-state index contributed by atoms with van der Waals surface area (Å²) >= 11 is 0. The van der Waals surface area contributed by atoms with Crippen molar-refractivity contribution in [1.82, 2.24) is 10.6 Å². The first-order valence-corrected chi connectivity index (χ1v) is 10.1. The van der Waals surface area contributed by atoms with Gasteiger partial charge in [-0.05, 0) is 50.8 Å². The van der Waals surface area contributed by atoms with Gasteiger partial charge in [-0.2, -0.15) is 0 Å². The number of fused-ring (bicyclic) bond motifs is 2. The van der Waals surface area contributed by atoms with Crippen LogP contribution in [0.3, 0.4) is 0 Å². The van der Waals surface area contributed by atoms with E-state index in [1.807, 2.05) is 19.9 Å². The van der Waals surface area contributed by atoms with Gasteiger partial charge in [-0.1, -0.05) is 12.5 Å². The molecule has 0 radical (unpaired) electrons. The Balaban J connectivity index is 1.45. The highest BCUT2D eigenvalue weighted by atomic mass is 19.1. The van der Waals surface area contributed by atoms with Crippen LogP contribution in [0.5, 0.6) is 5.75 Å². The van der Waals surface area contributed by atoms with Crippen molar-refractivity contribution < 1.29 is 13.9 Å². The summed E-state index contributed by atoms with van der Waals surface area (Å²) in [5, 5.41) is 7.15. The molecule has 5 nitrogen and oxygen atoms in total. The molecule has 2 aliphatic carbocycles. The molecule has 2 saturated carbocycles. The summed E-state index contributed by atoms with van der Waals surface area (Å²) in [5.41, 5.74) is 1.17. The van der Waals surface area contributed by atoms with Crippen molar-refractivity contribution in [3.63, 3.8) is 0 Å². The molecule has 1 heterocycles. The van der Waals surface area contributed by atoms with Gasteiger partial charge in [0, 0.05) is 30.5 Å². The Morgan fingerprint density at radius 1 is 1.44 bits per heavy atom. The largest absolute Gasteiger partial charge is 0.494 e. The lowest BCUT2D eigenvalue weighted by Crippen LogP contribution is -2.72. The van der Waals surface area contributed by atoms with Crippen molar-refractivity contribution >= 4 is 5.96 Å². The fraction of sp³-hybridized carbons (Fsp3) is 0.667. The second-order valence-corrected chi connectivity index (χ2v) is 8.04. The van der Waals surface area contributed by atoms with E-state index in [-0.39, 0.29) is 17.6 Å². The van der Waals surface area contributed by atoms with Crippen LogP contribution in [0.2, 0.25) is 0 Å². The number of halogens is 1. The van der Waals surface area contributed by atoms with Gasteiger partial charge in [-0.15, -0.1) is 0 Å². The van der Waals surface area contributed by atoms with Gasteiger partial charge in [-0.3, -0.25) is 4.99 Å². The SMILES string of the molecule is CCN=C(NC(C)c1ccc(OC)c(F)c1)NC1C2CCOC2C12CCC2. The molecule has 1 aliphatic heterocycles. The average molecular weight is 375 g/mol. The minimum atomic E-state index is -0.344. The third-order valence-corrected chi connectivity index (χ3v) is 6.67. The summed E-state index contributed by atoms with van der Waals surface area (Å²) in [6.45, 7) is 5.63. The fourth-order valence-corrected chi connectivity index (χ4v) is 5.13. The summed E-state index contributed by atoms with van der Waals surface area (Å²) in [7, 11) is 1.48. The van der Waals surface area contributed by atoms with Crippen LogP contribution in [0, 0.1) is 17.2 Å². The van der Waals surface area contributed by atoms with E-state index >= 15 is 0 Å². The van der Waals surface area contributed by atoms with Crippen LogP contribution in [0.15, 0.2) is 23.2 Å². The lowest BCUT2D eigenvalue weighted by atomic mass is 9.46. The molecule has 0 amide bonds. The number of nitrogens with one attached hydrogen (secondary N) is 2. The minimum Gasteiger partial charge on any atom is -0.494 e. The number of methoxy groups -OCH3 is 1. The van der Waals surface area contributed by atoms with Crippen LogP contribution in [-0.4, -0.2) is 38.4 Å². The second-order valence-electron chi connectivity index (χ2n) is 8.04. The first kappa shape index (κ1) is 18.5. The number of ether oxygens (including phenoxy) is 2. The summed E-state index contributed by atoms with van der Waals surface area (Å²) in [5.74, 6) is 1.31. The molecular formula is C21H30FN3O2. The number of benzene rings is 1. The predicted molar refractivity (Wildman–Crippen MR) is 104 cm³/mol. The molecule has 1 spiro atoms.